The summed E-state index contributed by atoms with van der Waals surface area (Å²) in [6.07, 6.45) is 4.51. The van der Waals surface area contributed by atoms with Gasteiger partial charge in [-0.2, -0.15) is 5.26 Å². The molecule has 0 aliphatic carbocycles. The zero-order valence-corrected chi connectivity index (χ0v) is 19.2. The second-order valence-corrected chi connectivity index (χ2v) is 8.50. The van der Waals surface area contributed by atoms with Crippen LogP contribution in [0.1, 0.15) is 30.0 Å². The van der Waals surface area contributed by atoms with Crippen molar-refractivity contribution in [1.29, 1.82) is 5.26 Å². The molecule has 1 saturated heterocycles. The van der Waals surface area contributed by atoms with Gasteiger partial charge >= 0.3 is 0 Å². The van der Waals surface area contributed by atoms with E-state index >= 15 is 0 Å². The molecule has 0 saturated carbocycles. The second-order valence-electron chi connectivity index (χ2n) is 8.50. The molecule has 2 aliphatic rings. The first-order valence-corrected chi connectivity index (χ1v) is 11.7. The van der Waals surface area contributed by atoms with Crippen molar-refractivity contribution in [2.24, 2.45) is 0 Å². The predicted octanol–water partition coefficient (Wildman–Crippen LogP) is 3.76. The van der Waals surface area contributed by atoms with Crippen LogP contribution in [0.3, 0.4) is 0 Å². The van der Waals surface area contributed by atoms with Crippen molar-refractivity contribution in [3.8, 4) is 11.8 Å². The normalized spacial score (nSPS) is 20.2. The third kappa shape index (κ3) is 3.57. The number of carbonyl (C=O) groups is 1. The number of aromatic nitrogens is 1. The molecule has 1 amide bonds. The molecule has 3 heterocycles. The van der Waals surface area contributed by atoms with E-state index in [4.69, 9.17) is 4.74 Å². The van der Waals surface area contributed by atoms with Crippen LogP contribution < -0.4 is 15.0 Å². The molecule has 1 unspecified atom stereocenters. The highest BCUT2D eigenvalue weighted by Gasteiger charge is 2.54. The maximum Gasteiger partial charge on any atom is 0.254 e. The molecule has 34 heavy (non-hydrogen) atoms. The Balaban J connectivity index is 1.64. The monoisotopic (exact) mass is 453 g/mol. The molecule has 0 radical (unpaired) electrons. The first-order valence-electron chi connectivity index (χ1n) is 11.7. The summed E-state index contributed by atoms with van der Waals surface area (Å²) in [7, 11) is 0. The summed E-state index contributed by atoms with van der Waals surface area (Å²) in [5, 5.41) is 12.7. The van der Waals surface area contributed by atoms with Gasteiger partial charge in [-0.3, -0.25) is 14.7 Å². The van der Waals surface area contributed by atoms with E-state index in [2.05, 4.69) is 26.2 Å². The summed E-state index contributed by atoms with van der Waals surface area (Å²) in [6, 6.07) is 19.5. The lowest BCUT2D eigenvalue weighted by molar-refractivity contribution is -0.125. The Kier molecular flexibility index (Phi) is 5.91. The van der Waals surface area contributed by atoms with Crippen molar-refractivity contribution >= 4 is 17.3 Å². The minimum atomic E-state index is -1.08. The van der Waals surface area contributed by atoms with Crippen molar-refractivity contribution < 1.29 is 9.53 Å². The van der Waals surface area contributed by atoms with E-state index < -0.39 is 5.54 Å². The number of benzene rings is 2. The fraction of sp³-hybridized carbons (Fsp3) is 0.296. The Bertz CT molecular complexity index is 1240. The van der Waals surface area contributed by atoms with Gasteiger partial charge in [-0.15, -0.1) is 0 Å². The lowest BCUT2D eigenvalue weighted by Crippen LogP contribution is -2.53. The molecule has 1 N–H and O–H groups in total. The lowest BCUT2D eigenvalue weighted by atomic mass is 9.80. The molecule has 2 aliphatic heterocycles. The number of rotatable bonds is 5. The van der Waals surface area contributed by atoms with Crippen LogP contribution in [-0.2, 0) is 10.3 Å². The summed E-state index contributed by atoms with van der Waals surface area (Å²) >= 11 is 0. The Hall–Kier alpha value is -3.89. The van der Waals surface area contributed by atoms with Crippen LogP contribution in [0.2, 0.25) is 0 Å². The number of carbonyl (C=O) groups excluding carboxylic acids is 1. The fourth-order valence-electron chi connectivity index (χ4n) is 5.22. The summed E-state index contributed by atoms with van der Waals surface area (Å²) < 4.78 is 6.02. The Morgan fingerprint density at radius 1 is 1.06 bits per heavy atom. The zero-order valence-electron chi connectivity index (χ0n) is 19.2. The number of nitrogens with zero attached hydrogens (tertiary/aromatic N) is 4. The first-order chi connectivity index (χ1) is 16.7. The SMILES string of the molecule is CCOc1ccccc1C1(N2CCCN(c3ccncc3)CC2)C(=O)Nc2ccc(C#N)cc21. The van der Waals surface area contributed by atoms with Crippen molar-refractivity contribution in [1.82, 2.24) is 9.88 Å². The van der Waals surface area contributed by atoms with Gasteiger partial charge in [0.2, 0.25) is 0 Å². The van der Waals surface area contributed by atoms with E-state index in [1.807, 2.05) is 67.8 Å². The average molecular weight is 454 g/mol. The third-order valence-electron chi connectivity index (χ3n) is 6.69. The Morgan fingerprint density at radius 2 is 1.88 bits per heavy atom. The third-order valence-corrected chi connectivity index (χ3v) is 6.69. The molecule has 5 rings (SSSR count). The van der Waals surface area contributed by atoms with Crippen molar-refractivity contribution in [3.05, 3.63) is 83.7 Å². The van der Waals surface area contributed by atoms with Crippen molar-refractivity contribution in [2.75, 3.05) is 43.0 Å². The Morgan fingerprint density at radius 3 is 2.68 bits per heavy atom. The number of amides is 1. The highest BCUT2D eigenvalue weighted by molar-refractivity contribution is 6.09. The van der Waals surface area contributed by atoms with Crippen LogP contribution in [0.5, 0.6) is 5.75 Å². The van der Waals surface area contributed by atoms with Gasteiger partial charge in [-0.05, 0) is 49.7 Å². The topological polar surface area (TPSA) is 81.5 Å². The summed E-state index contributed by atoms with van der Waals surface area (Å²) in [4.78, 5) is 22.7. The first kappa shape index (κ1) is 21.9. The van der Waals surface area contributed by atoms with E-state index in [-0.39, 0.29) is 5.91 Å². The summed E-state index contributed by atoms with van der Waals surface area (Å²) in [5.74, 6) is 0.577. The van der Waals surface area contributed by atoms with Crippen molar-refractivity contribution in [2.45, 2.75) is 18.9 Å². The van der Waals surface area contributed by atoms with Gasteiger partial charge < -0.3 is 15.0 Å². The van der Waals surface area contributed by atoms with E-state index in [9.17, 15) is 10.1 Å². The van der Waals surface area contributed by atoms with Gasteiger partial charge in [0.15, 0.2) is 5.54 Å². The zero-order chi connectivity index (χ0) is 23.5. The number of hydrogen-bond donors (Lipinski definition) is 1. The molecule has 172 valence electrons. The number of hydrogen-bond acceptors (Lipinski definition) is 6. The van der Waals surface area contributed by atoms with Gasteiger partial charge in [0, 0.05) is 61.1 Å². The quantitative estimate of drug-likeness (QED) is 0.634. The van der Waals surface area contributed by atoms with Crippen LogP contribution in [0, 0.1) is 11.3 Å². The van der Waals surface area contributed by atoms with Gasteiger partial charge in [0.1, 0.15) is 5.75 Å². The maximum absolute atomic E-state index is 14.0. The molecule has 1 fully saturated rings. The maximum atomic E-state index is 14.0. The largest absolute Gasteiger partial charge is 0.493 e. The number of nitrogens with one attached hydrogen (secondary N) is 1. The number of nitriles is 1. The van der Waals surface area contributed by atoms with E-state index in [0.717, 1.165) is 48.6 Å². The van der Waals surface area contributed by atoms with Gasteiger partial charge in [-0.25, -0.2) is 0 Å². The molecule has 3 aromatic rings. The highest BCUT2D eigenvalue weighted by atomic mass is 16.5. The molecular weight excluding hydrogens is 426 g/mol. The standard InChI is InChI=1S/C27H27N5O2/c1-2-34-25-7-4-3-6-22(25)27(23-18-20(19-28)8-9-24(23)30-26(27)33)32-15-5-14-31(16-17-32)21-10-12-29-13-11-21/h3-4,6-13,18H,2,5,14-17H2,1H3,(H,30,33). The molecule has 1 aromatic heterocycles. The number of anilines is 2. The number of pyridine rings is 1. The summed E-state index contributed by atoms with van der Waals surface area (Å²) in [6.45, 7) is 5.49. The Labute approximate surface area is 199 Å². The molecule has 0 spiro atoms. The minimum absolute atomic E-state index is 0.109. The number of ether oxygens (including phenoxy) is 1. The van der Waals surface area contributed by atoms with Crippen LogP contribution in [0.25, 0.3) is 0 Å². The summed E-state index contributed by atoms with van der Waals surface area (Å²) in [5.41, 5.74) is 2.93. The number of para-hydroxylation sites is 1. The van der Waals surface area contributed by atoms with E-state index in [0.29, 0.717) is 24.5 Å². The molecule has 7 heteroatoms. The van der Waals surface area contributed by atoms with Gasteiger partial charge in [-0.1, -0.05) is 18.2 Å². The number of fused-ring (bicyclic) bond motifs is 1. The lowest BCUT2D eigenvalue weighted by Gasteiger charge is -2.40. The van der Waals surface area contributed by atoms with Crippen LogP contribution >= 0.6 is 0 Å². The van der Waals surface area contributed by atoms with E-state index in [1.54, 1.807) is 6.07 Å². The second kappa shape index (κ2) is 9.16. The highest BCUT2D eigenvalue weighted by Crippen LogP contribution is 2.49. The van der Waals surface area contributed by atoms with Crippen LogP contribution in [-0.4, -0.2) is 48.6 Å². The van der Waals surface area contributed by atoms with Crippen LogP contribution in [0.4, 0.5) is 11.4 Å². The molecule has 7 nitrogen and oxygen atoms in total. The predicted molar refractivity (Wildman–Crippen MR) is 131 cm³/mol. The van der Waals surface area contributed by atoms with Crippen LogP contribution in [0.15, 0.2) is 67.0 Å². The van der Waals surface area contributed by atoms with E-state index in [1.165, 1.54) is 0 Å². The van der Waals surface area contributed by atoms with Gasteiger partial charge in [0.25, 0.3) is 5.91 Å². The molecule has 1 atom stereocenters. The molecule has 2 aromatic carbocycles. The fourth-order valence-corrected chi connectivity index (χ4v) is 5.22. The van der Waals surface area contributed by atoms with Crippen molar-refractivity contribution in [3.63, 3.8) is 0 Å². The average Bonchev–Trinajstić information content (AvgIpc) is 3.01. The molecule has 0 bridgehead atoms. The molecular formula is C27H27N5O2. The minimum Gasteiger partial charge on any atom is -0.493 e. The van der Waals surface area contributed by atoms with Gasteiger partial charge in [0.05, 0.1) is 18.2 Å². The smallest absolute Gasteiger partial charge is 0.254 e.